The van der Waals surface area contributed by atoms with Crippen molar-refractivity contribution >= 4 is 59.1 Å². The molecule has 0 rings (SSSR count). The molecule has 9 heavy (non-hydrogen) atoms. The Morgan fingerprint density at radius 2 is 1.67 bits per heavy atom. The zero-order valence-corrected chi connectivity index (χ0v) is 8.66. The van der Waals surface area contributed by atoms with Gasteiger partial charge in [0.05, 0.1) is 0 Å². The average Bonchev–Trinajstić information content (AvgIpc) is 1.62. The van der Waals surface area contributed by atoms with E-state index in [0.717, 1.165) is 0 Å². The molecular formula is C2H5KO5S. The molecule has 7 heteroatoms. The van der Waals surface area contributed by atoms with Crippen molar-refractivity contribution in [2.45, 2.75) is 5.63 Å². The summed E-state index contributed by atoms with van der Waals surface area (Å²) in [5.74, 6) is 0. The number of hydrogen-bond donors (Lipinski definition) is 3. The fourth-order valence-electron chi connectivity index (χ4n) is 0.249. The molecule has 0 spiro atoms. The van der Waals surface area contributed by atoms with Crippen molar-refractivity contribution in [3.8, 4) is 0 Å². The van der Waals surface area contributed by atoms with Gasteiger partial charge >= 0.3 is 87.9 Å². The van der Waals surface area contributed by atoms with Crippen LogP contribution in [0, 0.1) is 0 Å². The first-order valence-corrected chi connectivity index (χ1v) is 5.49. The van der Waals surface area contributed by atoms with E-state index >= 15 is 0 Å². The summed E-state index contributed by atoms with van der Waals surface area (Å²) < 4.78 is 26.7. The van der Waals surface area contributed by atoms with E-state index < -0.39 is 15.8 Å². The molecule has 2 unspecified atom stereocenters. The van der Waals surface area contributed by atoms with E-state index in [1.54, 1.807) is 0 Å². The molecule has 0 aliphatic heterocycles. The van der Waals surface area contributed by atoms with Crippen LogP contribution in [-0.2, 0) is 10.1 Å². The first-order chi connectivity index (χ1) is 3.85. The van der Waals surface area contributed by atoms with Gasteiger partial charge in [0.1, 0.15) is 0 Å². The van der Waals surface area contributed by atoms with E-state index in [9.17, 15) is 8.42 Å². The number of aliphatic hydroxyl groups excluding tert-OH is 2. The molecular weight excluding hydrogens is 175 g/mol. The van der Waals surface area contributed by atoms with Gasteiger partial charge < -0.3 is 0 Å². The predicted octanol–water partition coefficient (Wildman–Crippen LogP) is -2.32. The second-order valence-electron chi connectivity index (χ2n) is 1.65. The van der Waals surface area contributed by atoms with Gasteiger partial charge in [-0.15, -0.1) is 0 Å². The van der Waals surface area contributed by atoms with Crippen LogP contribution in [-0.4, -0.2) is 77.8 Å². The molecule has 0 aromatic rings. The normalized spacial score (nSPS) is 19.2. The number of rotatable bonds is 2. The van der Waals surface area contributed by atoms with Gasteiger partial charge in [-0.25, -0.2) is 0 Å². The first kappa shape index (κ1) is 10.5. The van der Waals surface area contributed by atoms with E-state index in [4.69, 9.17) is 14.8 Å². The van der Waals surface area contributed by atoms with Crippen LogP contribution in [0.5, 0.6) is 0 Å². The topological polar surface area (TPSA) is 94.8 Å². The SMILES string of the molecule is O=S(=O)(O)C(O)[CH](O)[K]. The summed E-state index contributed by atoms with van der Waals surface area (Å²) in [5.41, 5.74) is -2.02. The van der Waals surface area contributed by atoms with Crippen LogP contribution in [0.1, 0.15) is 0 Å². The zero-order chi connectivity index (χ0) is 7.65. The van der Waals surface area contributed by atoms with Gasteiger partial charge in [-0.3, -0.25) is 0 Å². The van der Waals surface area contributed by atoms with E-state index in [0.29, 0.717) is 0 Å². The van der Waals surface area contributed by atoms with Gasteiger partial charge in [-0.2, -0.15) is 0 Å². The van der Waals surface area contributed by atoms with Crippen LogP contribution < -0.4 is 0 Å². The molecule has 0 heterocycles. The Bertz CT molecular complexity index is 171. The summed E-state index contributed by atoms with van der Waals surface area (Å²) in [6.45, 7) is 0. The molecule has 3 N–H and O–H groups in total. The fourth-order valence-corrected chi connectivity index (χ4v) is 2.36. The molecule has 0 aliphatic carbocycles. The van der Waals surface area contributed by atoms with E-state index in [-0.39, 0.29) is 49.0 Å². The van der Waals surface area contributed by atoms with Gasteiger partial charge in [0.25, 0.3) is 0 Å². The van der Waals surface area contributed by atoms with Gasteiger partial charge in [-0.1, -0.05) is 0 Å². The molecule has 0 fully saturated rings. The monoisotopic (exact) mass is 180 g/mol. The van der Waals surface area contributed by atoms with Crippen molar-refractivity contribution in [1.82, 2.24) is 0 Å². The summed E-state index contributed by atoms with van der Waals surface area (Å²) in [5, 5.41) is 16.9. The molecule has 0 saturated heterocycles. The third kappa shape index (κ3) is 4.01. The van der Waals surface area contributed by atoms with Crippen molar-refractivity contribution in [3.05, 3.63) is 0 Å². The van der Waals surface area contributed by atoms with Crippen molar-refractivity contribution < 1.29 is 23.2 Å². The minimum absolute atomic E-state index is 0.234. The Labute approximate surface area is 86.4 Å². The van der Waals surface area contributed by atoms with Gasteiger partial charge in [-0.05, 0) is 0 Å². The third-order valence-electron chi connectivity index (χ3n) is 0.718. The van der Waals surface area contributed by atoms with Crippen LogP contribution in [0.25, 0.3) is 0 Å². The van der Waals surface area contributed by atoms with Crippen LogP contribution in [0.3, 0.4) is 0 Å². The third-order valence-corrected chi connectivity index (χ3v) is 3.46. The quantitative estimate of drug-likeness (QED) is 0.327. The van der Waals surface area contributed by atoms with E-state index in [1.165, 1.54) is 0 Å². The Balaban J connectivity index is 4.24. The number of aliphatic hydroxyl groups is 2. The molecule has 2 atom stereocenters. The summed E-state index contributed by atoms with van der Waals surface area (Å²) in [6, 6.07) is 0. The average molecular weight is 180 g/mol. The van der Waals surface area contributed by atoms with Gasteiger partial charge in [0, 0.05) is 0 Å². The van der Waals surface area contributed by atoms with Crippen molar-refractivity contribution in [1.29, 1.82) is 0 Å². The standard InChI is InChI=1S/C2H5O5S.K/c3-1-2(4)8(5,6)7;/h1-4H,(H,5,6,7);. The van der Waals surface area contributed by atoms with E-state index in [1.807, 2.05) is 0 Å². The van der Waals surface area contributed by atoms with Crippen LogP contribution in [0.2, 0.25) is 0 Å². The minimum atomic E-state index is -4.45. The van der Waals surface area contributed by atoms with Gasteiger partial charge in [0.2, 0.25) is 0 Å². The molecule has 0 aliphatic rings. The van der Waals surface area contributed by atoms with Crippen LogP contribution in [0.15, 0.2) is 0 Å². The second kappa shape index (κ2) is 3.74. The molecule has 0 bridgehead atoms. The molecule has 50 valence electrons. The molecule has 0 aromatic carbocycles. The molecule has 0 saturated carbocycles. The maximum atomic E-state index is 9.95. The second-order valence-corrected chi connectivity index (χ2v) is 5.01. The molecule has 0 radical (unpaired) electrons. The van der Waals surface area contributed by atoms with Crippen LogP contribution in [0.4, 0.5) is 0 Å². The summed E-state index contributed by atoms with van der Waals surface area (Å²) in [6.07, 6.45) is 0. The van der Waals surface area contributed by atoms with Crippen molar-refractivity contribution in [2.24, 2.45) is 0 Å². The molecule has 5 nitrogen and oxygen atoms in total. The fraction of sp³-hybridized carbons (Fsp3) is 1.00. The Kier molecular flexibility index (Phi) is 4.35. The summed E-state index contributed by atoms with van der Waals surface area (Å²) in [4.78, 5) is 0. The van der Waals surface area contributed by atoms with Crippen molar-refractivity contribution in [3.63, 3.8) is 0 Å². The van der Waals surface area contributed by atoms with Crippen LogP contribution >= 0.6 is 0 Å². The van der Waals surface area contributed by atoms with E-state index in [2.05, 4.69) is 0 Å². The Hall–Kier alpha value is 1.47. The predicted molar refractivity (Wildman–Crippen MR) is 29.3 cm³/mol. The summed E-state index contributed by atoms with van der Waals surface area (Å²) >= 11 is -0.234. The van der Waals surface area contributed by atoms with Crippen molar-refractivity contribution in [2.75, 3.05) is 0 Å². The summed E-state index contributed by atoms with van der Waals surface area (Å²) in [7, 11) is -4.45. The Morgan fingerprint density at radius 1 is 1.33 bits per heavy atom. The first-order valence-electron chi connectivity index (χ1n) is 2.18. The molecule has 0 amide bonds. The molecule has 0 aromatic heterocycles. The maximum absolute atomic E-state index is 9.95. The zero-order valence-electron chi connectivity index (χ0n) is 4.72. The van der Waals surface area contributed by atoms with Gasteiger partial charge in [0.15, 0.2) is 0 Å². The number of hydrogen-bond acceptors (Lipinski definition) is 4. The Morgan fingerprint density at radius 3 is 1.67 bits per heavy atom.